The van der Waals surface area contributed by atoms with E-state index >= 15 is 0 Å². The molecule has 21 heavy (non-hydrogen) atoms. The molecule has 118 valence electrons. The van der Waals surface area contributed by atoms with Crippen LogP contribution in [-0.2, 0) is 4.74 Å². The van der Waals surface area contributed by atoms with Gasteiger partial charge in [0.2, 0.25) is 0 Å². The topological polar surface area (TPSA) is 67.6 Å². The van der Waals surface area contributed by atoms with Crippen LogP contribution >= 0.6 is 0 Å². The highest BCUT2D eigenvalue weighted by atomic mass is 16.6. The zero-order valence-corrected chi connectivity index (χ0v) is 13.0. The highest BCUT2D eigenvalue weighted by molar-refractivity contribution is 5.35. The van der Waals surface area contributed by atoms with Crippen LogP contribution < -0.4 is 5.32 Å². The molecular formula is C15H25N3O3. The number of nitrogens with one attached hydrogen (secondary N) is 1. The Bertz CT molecular complexity index is 440. The first-order chi connectivity index (χ1) is 10.1. The summed E-state index contributed by atoms with van der Waals surface area (Å²) in [6.07, 6.45) is 0.892. The molecule has 0 heterocycles. The van der Waals surface area contributed by atoms with Crippen LogP contribution in [-0.4, -0.2) is 50.2 Å². The first-order valence-corrected chi connectivity index (χ1v) is 7.23. The standard InChI is InChI=1S/C15H25N3O3/c1-4-15(16-8-9-17(2)10-11-21-3)13-6-5-7-14(12-13)18(19)20/h5-7,12,15-16H,4,8-11H2,1-3H3. The van der Waals surface area contributed by atoms with E-state index in [1.165, 1.54) is 6.07 Å². The Balaban J connectivity index is 2.51. The van der Waals surface area contributed by atoms with Crippen LogP contribution in [0.2, 0.25) is 0 Å². The van der Waals surface area contributed by atoms with Crippen molar-refractivity contribution in [3.05, 3.63) is 39.9 Å². The van der Waals surface area contributed by atoms with Gasteiger partial charge in [0.15, 0.2) is 0 Å². The van der Waals surface area contributed by atoms with E-state index in [4.69, 9.17) is 4.74 Å². The fourth-order valence-electron chi connectivity index (χ4n) is 2.14. The zero-order chi connectivity index (χ0) is 15.7. The van der Waals surface area contributed by atoms with E-state index in [0.29, 0.717) is 0 Å². The average molecular weight is 295 g/mol. The van der Waals surface area contributed by atoms with Gasteiger partial charge in [0.1, 0.15) is 0 Å². The molecule has 6 nitrogen and oxygen atoms in total. The summed E-state index contributed by atoms with van der Waals surface area (Å²) in [5, 5.41) is 14.3. The summed E-state index contributed by atoms with van der Waals surface area (Å²) < 4.78 is 5.04. The van der Waals surface area contributed by atoms with Gasteiger partial charge in [-0.05, 0) is 19.0 Å². The molecule has 0 aliphatic carbocycles. The van der Waals surface area contributed by atoms with Crippen LogP contribution in [0.15, 0.2) is 24.3 Å². The first-order valence-electron chi connectivity index (χ1n) is 7.23. The Labute approximate surface area is 126 Å². The summed E-state index contributed by atoms with van der Waals surface area (Å²) in [5.41, 5.74) is 1.11. The van der Waals surface area contributed by atoms with Crippen molar-refractivity contribution in [2.24, 2.45) is 0 Å². The van der Waals surface area contributed by atoms with Gasteiger partial charge in [-0.25, -0.2) is 0 Å². The third kappa shape index (κ3) is 6.20. The molecular weight excluding hydrogens is 270 g/mol. The molecule has 0 saturated heterocycles. The van der Waals surface area contributed by atoms with Crippen molar-refractivity contribution in [2.75, 3.05) is 40.4 Å². The highest BCUT2D eigenvalue weighted by Gasteiger charge is 2.13. The fraction of sp³-hybridized carbons (Fsp3) is 0.600. The number of rotatable bonds is 10. The quantitative estimate of drug-likeness (QED) is 0.529. The van der Waals surface area contributed by atoms with Gasteiger partial charge in [0.25, 0.3) is 5.69 Å². The summed E-state index contributed by atoms with van der Waals surface area (Å²) in [5.74, 6) is 0. The van der Waals surface area contributed by atoms with Crippen LogP contribution in [0.4, 0.5) is 5.69 Å². The minimum atomic E-state index is -0.352. The van der Waals surface area contributed by atoms with E-state index in [2.05, 4.69) is 24.2 Å². The summed E-state index contributed by atoms with van der Waals surface area (Å²) >= 11 is 0. The number of non-ortho nitro benzene ring substituents is 1. The molecule has 0 fully saturated rings. The van der Waals surface area contributed by atoms with Gasteiger partial charge < -0.3 is 15.0 Å². The normalized spacial score (nSPS) is 12.6. The Morgan fingerprint density at radius 2 is 2.19 bits per heavy atom. The lowest BCUT2D eigenvalue weighted by Gasteiger charge is -2.21. The maximum atomic E-state index is 10.8. The Morgan fingerprint density at radius 3 is 2.81 bits per heavy atom. The molecule has 0 aliphatic heterocycles. The van der Waals surface area contributed by atoms with Gasteiger partial charge in [-0.15, -0.1) is 0 Å². The summed E-state index contributed by atoms with van der Waals surface area (Å²) in [6.45, 7) is 5.44. The van der Waals surface area contributed by atoms with Gasteiger partial charge in [-0.2, -0.15) is 0 Å². The van der Waals surface area contributed by atoms with Crippen molar-refractivity contribution in [2.45, 2.75) is 19.4 Å². The Hall–Kier alpha value is -1.50. The van der Waals surface area contributed by atoms with Crippen LogP contribution in [0.3, 0.4) is 0 Å². The number of ether oxygens (including phenoxy) is 1. The van der Waals surface area contributed by atoms with Crippen molar-refractivity contribution >= 4 is 5.69 Å². The third-order valence-corrected chi connectivity index (χ3v) is 3.45. The number of nitrogens with zero attached hydrogens (tertiary/aromatic N) is 2. The zero-order valence-electron chi connectivity index (χ0n) is 13.0. The minimum Gasteiger partial charge on any atom is -0.383 e. The molecule has 0 aliphatic rings. The molecule has 0 aromatic heterocycles. The number of benzene rings is 1. The maximum absolute atomic E-state index is 10.8. The fourth-order valence-corrected chi connectivity index (χ4v) is 2.14. The lowest BCUT2D eigenvalue weighted by molar-refractivity contribution is -0.384. The number of methoxy groups -OCH3 is 1. The van der Waals surface area contributed by atoms with Crippen molar-refractivity contribution in [1.82, 2.24) is 10.2 Å². The van der Waals surface area contributed by atoms with Gasteiger partial charge in [0, 0.05) is 44.9 Å². The molecule has 0 radical (unpaired) electrons. The van der Waals surface area contributed by atoms with Crippen LogP contribution in [0.1, 0.15) is 24.9 Å². The molecule has 1 unspecified atom stereocenters. The Kier molecular flexibility index (Phi) is 7.89. The van der Waals surface area contributed by atoms with Crippen LogP contribution in [0, 0.1) is 10.1 Å². The van der Waals surface area contributed by atoms with Crippen molar-refractivity contribution < 1.29 is 9.66 Å². The number of nitro groups is 1. The summed E-state index contributed by atoms with van der Waals surface area (Å²) in [7, 11) is 3.75. The number of likely N-dealkylation sites (N-methyl/N-ethyl adjacent to an activating group) is 1. The Morgan fingerprint density at radius 1 is 1.43 bits per heavy atom. The smallest absolute Gasteiger partial charge is 0.269 e. The molecule has 1 aromatic carbocycles. The molecule has 1 atom stereocenters. The first kappa shape index (κ1) is 17.6. The molecule has 6 heteroatoms. The van der Waals surface area contributed by atoms with Gasteiger partial charge >= 0.3 is 0 Å². The average Bonchev–Trinajstić information content (AvgIpc) is 2.49. The third-order valence-electron chi connectivity index (χ3n) is 3.45. The second kappa shape index (κ2) is 9.44. The molecule has 0 bridgehead atoms. The number of hydrogen-bond donors (Lipinski definition) is 1. The van der Waals surface area contributed by atoms with E-state index < -0.39 is 0 Å². The van der Waals surface area contributed by atoms with Crippen LogP contribution in [0.5, 0.6) is 0 Å². The molecule has 0 amide bonds. The lowest BCUT2D eigenvalue weighted by Crippen LogP contribution is -2.33. The van der Waals surface area contributed by atoms with E-state index in [-0.39, 0.29) is 16.7 Å². The van der Waals surface area contributed by atoms with E-state index in [9.17, 15) is 10.1 Å². The highest BCUT2D eigenvalue weighted by Crippen LogP contribution is 2.21. The largest absolute Gasteiger partial charge is 0.383 e. The summed E-state index contributed by atoms with van der Waals surface area (Å²) in [4.78, 5) is 12.7. The van der Waals surface area contributed by atoms with Gasteiger partial charge in [0.05, 0.1) is 11.5 Å². The SMILES string of the molecule is CCC(NCCN(C)CCOC)c1cccc([N+](=O)[O-])c1. The molecule has 0 spiro atoms. The number of hydrogen-bond acceptors (Lipinski definition) is 5. The predicted molar refractivity (Wildman–Crippen MR) is 83.5 cm³/mol. The minimum absolute atomic E-state index is 0.140. The van der Waals surface area contributed by atoms with Crippen molar-refractivity contribution in [3.8, 4) is 0 Å². The lowest BCUT2D eigenvalue weighted by atomic mass is 10.0. The molecule has 1 N–H and O–H groups in total. The second-order valence-electron chi connectivity index (χ2n) is 5.06. The monoisotopic (exact) mass is 295 g/mol. The summed E-state index contributed by atoms with van der Waals surface area (Å²) in [6, 6.07) is 6.98. The van der Waals surface area contributed by atoms with Gasteiger partial charge in [-0.3, -0.25) is 10.1 Å². The predicted octanol–water partition coefficient (Wildman–Crippen LogP) is 2.21. The van der Waals surface area contributed by atoms with Crippen LogP contribution in [0.25, 0.3) is 0 Å². The number of nitro benzene ring substituents is 1. The molecule has 0 saturated carbocycles. The van der Waals surface area contributed by atoms with E-state index in [0.717, 1.165) is 38.2 Å². The molecule has 1 rings (SSSR count). The second-order valence-corrected chi connectivity index (χ2v) is 5.06. The van der Waals surface area contributed by atoms with E-state index in [1.807, 2.05) is 6.07 Å². The maximum Gasteiger partial charge on any atom is 0.269 e. The van der Waals surface area contributed by atoms with Gasteiger partial charge in [-0.1, -0.05) is 19.1 Å². The van der Waals surface area contributed by atoms with Crippen molar-refractivity contribution in [3.63, 3.8) is 0 Å². The van der Waals surface area contributed by atoms with Crippen molar-refractivity contribution in [1.29, 1.82) is 0 Å². The molecule has 1 aromatic rings. The van der Waals surface area contributed by atoms with E-state index in [1.54, 1.807) is 19.2 Å².